The number of oxime groups is 1. The molecule has 2 amide bonds. The van der Waals surface area contributed by atoms with Crippen LogP contribution in [0.3, 0.4) is 0 Å². The number of amides is 2. The van der Waals surface area contributed by atoms with E-state index in [1.807, 2.05) is 42.2 Å². The Bertz CT molecular complexity index is 901. The Labute approximate surface area is 184 Å². The van der Waals surface area contributed by atoms with Crippen molar-refractivity contribution in [3.05, 3.63) is 65.7 Å². The minimum atomic E-state index is -0.626. The Balaban J connectivity index is 1.47. The monoisotopic (exact) mass is 421 g/mol. The fourth-order valence-corrected chi connectivity index (χ4v) is 3.82. The van der Waals surface area contributed by atoms with Gasteiger partial charge in [-0.15, -0.1) is 0 Å². The first-order chi connectivity index (χ1) is 14.9. The smallest absolute Gasteiger partial charge is 0.266 e. The highest BCUT2D eigenvalue weighted by atomic mass is 16.6. The number of likely N-dealkylation sites (tertiary alicyclic amines) is 1. The molecule has 3 rings (SSSR count). The van der Waals surface area contributed by atoms with Gasteiger partial charge < -0.3 is 15.1 Å². The number of hydrogen-bond acceptors (Lipinski definition) is 4. The molecule has 164 valence electrons. The van der Waals surface area contributed by atoms with Crippen molar-refractivity contribution in [1.29, 1.82) is 0 Å². The molecule has 0 radical (unpaired) electrons. The van der Waals surface area contributed by atoms with Crippen molar-refractivity contribution < 1.29 is 14.4 Å². The first kappa shape index (κ1) is 22.5. The van der Waals surface area contributed by atoms with Crippen LogP contribution in [-0.4, -0.2) is 41.6 Å². The largest absolute Gasteiger partial charge is 0.382 e. The molecule has 0 aromatic heterocycles. The highest BCUT2D eigenvalue weighted by molar-refractivity contribution is 5.99. The summed E-state index contributed by atoms with van der Waals surface area (Å²) in [5.41, 5.74) is 3.63. The second-order valence-electron chi connectivity index (χ2n) is 8.14. The molecule has 1 unspecified atom stereocenters. The second-order valence-corrected chi connectivity index (χ2v) is 8.14. The Morgan fingerprint density at radius 3 is 2.32 bits per heavy atom. The van der Waals surface area contributed by atoms with Crippen LogP contribution < -0.4 is 5.32 Å². The van der Waals surface area contributed by atoms with Crippen molar-refractivity contribution in [3.8, 4) is 0 Å². The zero-order valence-corrected chi connectivity index (χ0v) is 18.5. The van der Waals surface area contributed by atoms with Crippen molar-refractivity contribution in [2.24, 2.45) is 11.1 Å². The van der Waals surface area contributed by atoms with Gasteiger partial charge in [0.25, 0.3) is 5.91 Å². The molecule has 1 aliphatic heterocycles. The number of piperidine rings is 1. The Morgan fingerprint density at radius 1 is 1.06 bits per heavy atom. The zero-order chi connectivity index (χ0) is 22.2. The van der Waals surface area contributed by atoms with Gasteiger partial charge >= 0.3 is 0 Å². The summed E-state index contributed by atoms with van der Waals surface area (Å²) in [4.78, 5) is 31.3. The molecule has 1 atom stereocenters. The lowest BCUT2D eigenvalue weighted by Gasteiger charge is -2.33. The molecular formula is C25H31N3O3. The second kappa shape index (κ2) is 10.8. The van der Waals surface area contributed by atoms with Gasteiger partial charge in [0.2, 0.25) is 12.0 Å². The Kier molecular flexibility index (Phi) is 7.82. The molecule has 31 heavy (non-hydrogen) atoms. The number of nitrogens with one attached hydrogen (secondary N) is 1. The average molecular weight is 422 g/mol. The van der Waals surface area contributed by atoms with Crippen LogP contribution in [0, 0.1) is 5.92 Å². The SMILES string of the molecule is CC(=O)Nc1ccc(/C(C)=N/OC(C)C(=O)N2CCC(Cc3ccccc3)CC2)cc1. The van der Waals surface area contributed by atoms with Gasteiger partial charge in [0.05, 0.1) is 5.71 Å². The molecule has 2 aromatic carbocycles. The van der Waals surface area contributed by atoms with Gasteiger partial charge in [0, 0.05) is 25.7 Å². The third-order valence-corrected chi connectivity index (χ3v) is 5.61. The van der Waals surface area contributed by atoms with E-state index in [0.29, 0.717) is 11.6 Å². The minimum Gasteiger partial charge on any atom is -0.382 e. The van der Waals surface area contributed by atoms with E-state index in [-0.39, 0.29) is 11.8 Å². The number of nitrogens with zero attached hydrogens (tertiary/aromatic N) is 2. The number of hydrogen-bond donors (Lipinski definition) is 1. The molecule has 1 saturated heterocycles. The van der Waals surface area contributed by atoms with Crippen LogP contribution in [0.2, 0.25) is 0 Å². The third-order valence-electron chi connectivity index (χ3n) is 5.61. The summed E-state index contributed by atoms with van der Waals surface area (Å²) >= 11 is 0. The molecule has 0 aliphatic carbocycles. The number of benzene rings is 2. The topological polar surface area (TPSA) is 71.0 Å². The predicted molar refractivity (Wildman–Crippen MR) is 123 cm³/mol. The van der Waals surface area contributed by atoms with Gasteiger partial charge in [-0.05, 0) is 62.3 Å². The molecule has 0 bridgehead atoms. The van der Waals surface area contributed by atoms with Crippen molar-refractivity contribution in [2.45, 2.75) is 46.1 Å². The maximum absolute atomic E-state index is 12.8. The molecule has 6 nitrogen and oxygen atoms in total. The normalized spacial score (nSPS) is 16.0. The average Bonchev–Trinajstić information content (AvgIpc) is 2.78. The molecule has 0 spiro atoms. The molecular weight excluding hydrogens is 390 g/mol. The first-order valence-corrected chi connectivity index (χ1v) is 10.8. The van der Waals surface area contributed by atoms with Gasteiger partial charge in [-0.1, -0.05) is 47.6 Å². The lowest BCUT2D eigenvalue weighted by Crippen LogP contribution is -2.43. The summed E-state index contributed by atoms with van der Waals surface area (Å²) in [7, 11) is 0. The van der Waals surface area contributed by atoms with E-state index < -0.39 is 6.10 Å². The zero-order valence-electron chi connectivity index (χ0n) is 18.5. The van der Waals surface area contributed by atoms with Gasteiger partial charge in [-0.2, -0.15) is 0 Å². The number of anilines is 1. The fraction of sp³-hybridized carbons (Fsp3) is 0.400. The summed E-state index contributed by atoms with van der Waals surface area (Å²) in [6.07, 6.45) is 2.46. The van der Waals surface area contributed by atoms with E-state index in [2.05, 4.69) is 34.7 Å². The molecule has 1 N–H and O–H groups in total. The molecule has 6 heteroatoms. The standard InChI is InChI=1S/C25H31N3O3/c1-18(23-9-11-24(12-10-23)26-20(3)29)27-31-19(2)25(30)28-15-13-22(14-16-28)17-21-7-5-4-6-8-21/h4-12,19,22H,13-17H2,1-3H3,(H,26,29)/b27-18+. The summed E-state index contributed by atoms with van der Waals surface area (Å²) in [6, 6.07) is 17.9. The number of rotatable bonds is 7. The summed E-state index contributed by atoms with van der Waals surface area (Å²) in [5.74, 6) is 0.483. The maximum Gasteiger partial charge on any atom is 0.266 e. The summed E-state index contributed by atoms with van der Waals surface area (Å²) in [6.45, 7) is 6.57. The van der Waals surface area contributed by atoms with E-state index in [9.17, 15) is 9.59 Å². The fourth-order valence-electron chi connectivity index (χ4n) is 3.82. The first-order valence-electron chi connectivity index (χ1n) is 10.8. The lowest BCUT2D eigenvalue weighted by molar-refractivity contribution is -0.144. The summed E-state index contributed by atoms with van der Waals surface area (Å²) in [5, 5.41) is 6.88. The molecule has 0 saturated carbocycles. The van der Waals surface area contributed by atoms with Crippen molar-refractivity contribution in [1.82, 2.24) is 4.90 Å². The van der Waals surface area contributed by atoms with Gasteiger partial charge in [-0.25, -0.2) is 0 Å². The van der Waals surface area contributed by atoms with Crippen LogP contribution in [0.1, 0.15) is 44.7 Å². The quantitative estimate of drug-likeness (QED) is 0.536. The molecule has 1 heterocycles. The van der Waals surface area contributed by atoms with E-state index in [1.54, 1.807) is 6.92 Å². The lowest BCUT2D eigenvalue weighted by atomic mass is 9.90. The van der Waals surface area contributed by atoms with Gasteiger partial charge in [0.15, 0.2) is 0 Å². The predicted octanol–water partition coefficient (Wildman–Crippen LogP) is 4.26. The van der Waals surface area contributed by atoms with Crippen molar-refractivity contribution >= 4 is 23.2 Å². The van der Waals surface area contributed by atoms with E-state index >= 15 is 0 Å². The van der Waals surface area contributed by atoms with Crippen LogP contribution >= 0.6 is 0 Å². The van der Waals surface area contributed by atoms with Gasteiger partial charge in [0.1, 0.15) is 0 Å². The van der Waals surface area contributed by atoms with E-state index in [4.69, 9.17) is 4.84 Å². The van der Waals surface area contributed by atoms with Crippen LogP contribution in [0.15, 0.2) is 59.8 Å². The van der Waals surface area contributed by atoms with Gasteiger partial charge in [-0.3, -0.25) is 9.59 Å². The molecule has 1 aliphatic rings. The Hall–Kier alpha value is -3.15. The van der Waals surface area contributed by atoms with Crippen LogP contribution in [0.5, 0.6) is 0 Å². The maximum atomic E-state index is 12.8. The van der Waals surface area contributed by atoms with Crippen LogP contribution in [0.4, 0.5) is 5.69 Å². The number of carbonyl (C=O) groups excluding carboxylic acids is 2. The van der Waals surface area contributed by atoms with Crippen molar-refractivity contribution in [3.63, 3.8) is 0 Å². The highest BCUT2D eigenvalue weighted by Gasteiger charge is 2.27. The third kappa shape index (κ3) is 6.67. The van der Waals surface area contributed by atoms with Crippen molar-refractivity contribution in [2.75, 3.05) is 18.4 Å². The van der Waals surface area contributed by atoms with Crippen LogP contribution in [0.25, 0.3) is 0 Å². The highest BCUT2D eigenvalue weighted by Crippen LogP contribution is 2.22. The summed E-state index contributed by atoms with van der Waals surface area (Å²) < 4.78 is 0. The Morgan fingerprint density at radius 2 is 1.71 bits per heavy atom. The van der Waals surface area contributed by atoms with E-state index in [1.165, 1.54) is 12.5 Å². The number of carbonyl (C=O) groups is 2. The molecule has 1 fully saturated rings. The molecule has 2 aromatic rings. The van der Waals surface area contributed by atoms with E-state index in [0.717, 1.165) is 43.6 Å². The van der Waals surface area contributed by atoms with Crippen LogP contribution in [-0.2, 0) is 20.8 Å². The minimum absolute atomic E-state index is 0.0179.